The lowest BCUT2D eigenvalue weighted by Gasteiger charge is -2.17. The first-order valence-electron chi connectivity index (χ1n) is 6.28. The Morgan fingerprint density at radius 2 is 2.18 bits per heavy atom. The van der Waals surface area contributed by atoms with Crippen molar-refractivity contribution in [2.45, 2.75) is 6.92 Å². The molecule has 0 bridgehead atoms. The van der Waals surface area contributed by atoms with Crippen LogP contribution in [0.1, 0.15) is 6.92 Å². The zero-order valence-corrected chi connectivity index (χ0v) is 10.1. The van der Waals surface area contributed by atoms with E-state index in [1.165, 1.54) is 0 Å². The van der Waals surface area contributed by atoms with E-state index in [1.54, 1.807) is 6.20 Å². The Hall–Kier alpha value is -1.36. The minimum absolute atomic E-state index is 0.644. The summed E-state index contributed by atoms with van der Waals surface area (Å²) in [7, 11) is 0. The second-order valence-corrected chi connectivity index (χ2v) is 4.71. The van der Waals surface area contributed by atoms with Crippen LogP contribution in [-0.4, -0.2) is 42.8 Å². The molecule has 0 saturated carbocycles. The number of anilines is 1. The molecule has 5 heteroatoms. The molecule has 2 aliphatic rings. The Morgan fingerprint density at radius 3 is 2.88 bits per heavy atom. The molecule has 1 aromatic rings. The van der Waals surface area contributed by atoms with Gasteiger partial charge in [-0.05, 0) is 18.8 Å². The Morgan fingerprint density at radius 1 is 1.41 bits per heavy atom. The number of ether oxygens (including phenoxy) is 1. The number of hydrogen-bond donors (Lipinski definition) is 1. The van der Waals surface area contributed by atoms with Crippen LogP contribution in [0.15, 0.2) is 12.3 Å². The van der Waals surface area contributed by atoms with Crippen LogP contribution in [0.2, 0.25) is 0 Å². The second-order valence-electron chi connectivity index (χ2n) is 4.71. The highest BCUT2D eigenvalue weighted by atomic mass is 16.5. The molecular formula is C12H18N4O. The lowest BCUT2D eigenvalue weighted by atomic mass is 10.0. The summed E-state index contributed by atoms with van der Waals surface area (Å²) < 4.78 is 5.41. The fourth-order valence-corrected chi connectivity index (χ4v) is 2.73. The molecule has 1 aromatic heterocycles. The molecule has 0 aromatic carbocycles. The quantitative estimate of drug-likeness (QED) is 0.827. The average Bonchev–Trinajstić information content (AvgIpc) is 2.89. The van der Waals surface area contributed by atoms with Crippen LogP contribution in [0.5, 0.6) is 5.88 Å². The van der Waals surface area contributed by atoms with Gasteiger partial charge in [0.05, 0.1) is 6.61 Å². The first kappa shape index (κ1) is 10.8. The summed E-state index contributed by atoms with van der Waals surface area (Å²) in [5.74, 6) is 3.00. The minimum atomic E-state index is 0.644. The molecule has 17 heavy (non-hydrogen) atoms. The van der Waals surface area contributed by atoms with Gasteiger partial charge in [0.15, 0.2) is 0 Å². The van der Waals surface area contributed by atoms with Crippen LogP contribution in [0, 0.1) is 11.8 Å². The number of fused-ring (bicyclic) bond motifs is 1. The molecule has 92 valence electrons. The molecule has 3 heterocycles. The van der Waals surface area contributed by atoms with Crippen molar-refractivity contribution in [3.8, 4) is 5.88 Å². The molecule has 3 rings (SSSR count). The number of rotatable bonds is 3. The van der Waals surface area contributed by atoms with Gasteiger partial charge in [-0.1, -0.05) is 0 Å². The van der Waals surface area contributed by atoms with Gasteiger partial charge in [0, 0.05) is 38.4 Å². The van der Waals surface area contributed by atoms with Crippen LogP contribution >= 0.6 is 0 Å². The third-order valence-corrected chi connectivity index (χ3v) is 3.58. The van der Waals surface area contributed by atoms with Gasteiger partial charge in [0.25, 0.3) is 0 Å². The summed E-state index contributed by atoms with van der Waals surface area (Å²) in [6.07, 6.45) is 1.78. The van der Waals surface area contributed by atoms with E-state index in [4.69, 9.17) is 4.74 Å². The van der Waals surface area contributed by atoms with Crippen LogP contribution in [-0.2, 0) is 0 Å². The third-order valence-electron chi connectivity index (χ3n) is 3.58. The number of nitrogens with one attached hydrogen (secondary N) is 1. The lowest BCUT2D eigenvalue weighted by Crippen LogP contribution is -2.27. The highest BCUT2D eigenvalue weighted by Gasteiger charge is 2.37. The fraction of sp³-hybridized carbons (Fsp3) is 0.667. The van der Waals surface area contributed by atoms with E-state index in [0.717, 1.165) is 44.0 Å². The van der Waals surface area contributed by atoms with Gasteiger partial charge in [0.1, 0.15) is 0 Å². The van der Waals surface area contributed by atoms with Gasteiger partial charge < -0.3 is 15.0 Å². The third kappa shape index (κ3) is 2.07. The highest BCUT2D eigenvalue weighted by Crippen LogP contribution is 2.29. The van der Waals surface area contributed by atoms with E-state index in [9.17, 15) is 0 Å². The Labute approximate surface area is 101 Å². The maximum Gasteiger partial charge on any atom is 0.228 e. The molecule has 0 amide bonds. The van der Waals surface area contributed by atoms with Crippen molar-refractivity contribution in [2.24, 2.45) is 11.8 Å². The van der Waals surface area contributed by atoms with Crippen molar-refractivity contribution in [1.82, 2.24) is 15.3 Å². The Kier molecular flexibility index (Phi) is 2.84. The zero-order chi connectivity index (χ0) is 11.7. The van der Waals surface area contributed by atoms with Crippen molar-refractivity contribution >= 4 is 5.95 Å². The molecule has 0 aliphatic carbocycles. The Balaban J connectivity index is 1.74. The minimum Gasteiger partial charge on any atom is -0.478 e. The summed E-state index contributed by atoms with van der Waals surface area (Å²) in [5, 5.41) is 3.44. The summed E-state index contributed by atoms with van der Waals surface area (Å²) in [6.45, 7) is 7.00. The maximum absolute atomic E-state index is 5.41. The Bertz CT molecular complexity index is 386. The molecule has 2 unspecified atom stereocenters. The fourth-order valence-electron chi connectivity index (χ4n) is 2.73. The topological polar surface area (TPSA) is 50.3 Å². The first-order valence-corrected chi connectivity index (χ1v) is 6.28. The molecule has 2 atom stereocenters. The molecule has 5 nitrogen and oxygen atoms in total. The van der Waals surface area contributed by atoms with Gasteiger partial charge in [0.2, 0.25) is 11.8 Å². The zero-order valence-electron chi connectivity index (χ0n) is 10.1. The van der Waals surface area contributed by atoms with Crippen molar-refractivity contribution in [2.75, 3.05) is 37.7 Å². The monoisotopic (exact) mass is 234 g/mol. The van der Waals surface area contributed by atoms with Gasteiger partial charge in [-0.15, -0.1) is 0 Å². The normalized spacial score (nSPS) is 27.2. The molecule has 0 radical (unpaired) electrons. The number of hydrogen-bond acceptors (Lipinski definition) is 5. The SMILES string of the molecule is CCOc1ccnc(N2CC3CNCC3C2)n1. The summed E-state index contributed by atoms with van der Waals surface area (Å²) in [4.78, 5) is 11.1. The summed E-state index contributed by atoms with van der Waals surface area (Å²) >= 11 is 0. The molecule has 2 saturated heterocycles. The van der Waals surface area contributed by atoms with Crippen molar-refractivity contribution in [3.05, 3.63) is 12.3 Å². The molecule has 0 spiro atoms. The molecule has 2 aliphatic heterocycles. The van der Waals surface area contributed by atoms with E-state index in [-0.39, 0.29) is 0 Å². The van der Waals surface area contributed by atoms with Gasteiger partial charge in [-0.2, -0.15) is 4.98 Å². The van der Waals surface area contributed by atoms with E-state index in [1.807, 2.05) is 13.0 Å². The van der Waals surface area contributed by atoms with E-state index in [2.05, 4.69) is 20.2 Å². The number of aromatic nitrogens is 2. The van der Waals surface area contributed by atoms with Gasteiger partial charge in [-0.3, -0.25) is 0 Å². The van der Waals surface area contributed by atoms with Crippen molar-refractivity contribution in [3.63, 3.8) is 0 Å². The average molecular weight is 234 g/mol. The predicted molar refractivity (Wildman–Crippen MR) is 65.3 cm³/mol. The maximum atomic E-state index is 5.41. The van der Waals surface area contributed by atoms with Crippen LogP contribution in [0.4, 0.5) is 5.95 Å². The van der Waals surface area contributed by atoms with Crippen LogP contribution < -0.4 is 15.0 Å². The van der Waals surface area contributed by atoms with Crippen molar-refractivity contribution < 1.29 is 4.74 Å². The van der Waals surface area contributed by atoms with Gasteiger partial charge in [-0.25, -0.2) is 4.98 Å². The molecule has 2 fully saturated rings. The van der Waals surface area contributed by atoms with Gasteiger partial charge >= 0.3 is 0 Å². The van der Waals surface area contributed by atoms with Crippen LogP contribution in [0.3, 0.4) is 0 Å². The molecule has 1 N–H and O–H groups in total. The lowest BCUT2D eigenvalue weighted by molar-refractivity contribution is 0.326. The van der Waals surface area contributed by atoms with Crippen LogP contribution in [0.25, 0.3) is 0 Å². The smallest absolute Gasteiger partial charge is 0.228 e. The summed E-state index contributed by atoms with van der Waals surface area (Å²) in [5.41, 5.74) is 0. The number of nitrogens with zero attached hydrogens (tertiary/aromatic N) is 3. The van der Waals surface area contributed by atoms with E-state index < -0.39 is 0 Å². The first-order chi connectivity index (χ1) is 8.36. The molecular weight excluding hydrogens is 216 g/mol. The highest BCUT2D eigenvalue weighted by molar-refractivity contribution is 5.34. The van der Waals surface area contributed by atoms with Crippen molar-refractivity contribution in [1.29, 1.82) is 0 Å². The predicted octanol–water partition coefficient (Wildman–Crippen LogP) is 0.531. The largest absolute Gasteiger partial charge is 0.478 e. The van der Waals surface area contributed by atoms with E-state index >= 15 is 0 Å². The second kappa shape index (κ2) is 4.49. The summed E-state index contributed by atoms with van der Waals surface area (Å²) in [6, 6.07) is 1.81. The standard InChI is InChI=1S/C12H18N4O/c1-2-17-11-3-4-14-12(15-11)16-7-9-5-13-6-10(9)8-16/h3-4,9-10,13H,2,5-8H2,1H3. The van der Waals surface area contributed by atoms with E-state index in [0.29, 0.717) is 12.5 Å².